The number of aliphatic hydroxyl groups excluding tert-OH is 1. The molecule has 0 bridgehead atoms. The third-order valence-electron chi connectivity index (χ3n) is 2.66. The first-order valence-electron chi connectivity index (χ1n) is 5.75. The van der Waals surface area contributed by atoms with Gasteiger partial charge in [-0.1, -0.05) is 12.1 Å². The maximum Gasteiger partial charge on any atom is 0.144 e. The van der Waals surface area contributed by atoms with E-state index >= 15 is 0 Å². The first kappa shape index (κ1) is 13.1. The van der Waals surface area contributed by atoms with Crippen LogP contribution in [0, 0.1) is 17.1 Å². The molecule has 19 heavy (non-hydrogen) atoms. The fourth-order valence-electron chi connectivity index (χ4n) is 1.60. The summed E-state index contributed by atoms with van der Waals surface area (Å²) in [6, 6.07) is 12.7. The highest BCUT2D eigenvalue weighted by Crippen LogP contribution is 2.24. The van der Waals surface area contributed by atoms with Gasteiger partial charge in [0.15, 0.2) is 0 Å². The second-order valence-corrected chi connectivity index (χ2v) is 4.10. The summed E-state index contributed by atoms with van der Waals surface area (Å²) in [5.74, 6) is 0.246. The Balaban J connectivity index is 2.17. The highest BCUT2D eigenvalue weighted by atomic mass is 19.1. The van der Waals surface area contributed by atoms with Crippen LogP contribution in [-0.2, 0) is 0 Å². The largest absolute Gasteiger partial charge is 0.457 e. The average molecular weight is 257 g/mol. The molecule has 3 nitrogen and oxygen atoms in total. The van der Waals surface area contributed by atoms with Crippen molar-refractivity contribution in [1.29, 1.82) is 5.26 Å². The number of hydrogen-bond donors (Lipinski definition) is 1. The molecule has 0 aliphatic rings. The molecule has 1 N–H and O–H groups in total. The van der Waals surface area contributed by atoms with Crippen LogP contribution in [-0.4, -0.2) is 5.11 Å². The Kier molecular flexibility index (Phi) is 3.79. The molecule has 0 aromatic heterocycles. The van der Waals surface area contributed by atoms with Crippen LogP contribution < -0.4 is 4.74 Å². The molecule has 4 heteroatoms. The lowest BCUT2D eigenvalue weighted by Gasteiger charge is -2.08. The van der Waals surface area contributed by atoms with E-state index in [0.29, 0.717) is 11.5 Å². The highest BCUT2D eigenvalue weighted by Gasteiger charge is 2.05. The summed E-state index contributed by atoms with van der Waals surface area (Å²) < 4.78 is 18.8. The molecule has 96 valence electrons. The maximum absolute atomic E-state index is 13.4. The minimum Gasteiger partial charge on any atom is -0.457 e. The number of nitriles is 1. The molecule has 2 rings (SSSR count). The lowest BCUT2D eigenvalue weighted by molar-refractivity contribution is 0.199. The topological polar surface area (TPSA) is 53.2 Å². The fourth-order valence-corrected chi connectivity index (χ4v) is 1.60. The molecule has 0 saturated carbocycles. The zero-order valence-corrected chi connectivity index (χ0v) is 10.3. The fraction of sp³-hybridized carbons (Fsp3) is 0.133. The van der Waals surface area contributed by atoms with E-state index in [1.54, 1.807) is 37.3 Å². The summed E-state index contributed by atoms with van der Waals surface area (Å²) in [6.45, 7) is 1.67. The van der Waals surface area contributed by atoms with Crippen molar-refractivity contribution in [3.05, 3.63) is 59.4 Å². The highest BCUT2D eigenvalue weighted by molar-refractivity contribution is 5.39. The molecule has 0 fully saturated rings. The molecule has 0 amide bonds. The Labute approximate surface area is 110 Å². The second kappa shape index (κ2) is 5.51. The molecule has 1 unspecified atom stereocenters. The first-order chi connectivity index (χ1) is 9.10. The van der Waals surface area contributed by atoms with Crippen LogP contribution in [0.15, 0.2) is 42.5 Å². The van der Waals surface area contributed by atoms with E-state index < -0.39 is 11.9 Å². The zero-order valence-electron chi connectivity index (χ0n) is 10.3. The van der Waals surface area contributed by atoms with Crippen molar-refractivity contribution in [2.75, 3.05) is 0 Å². The molecule has 0 spiro atoms. The monoisotopic (exact) mass is 257 g/mol. The van der Waals surface area contributed by atoms with E-state index in [1.807, 2.05) is 0 Å². The lowest BCUT2D eigenvalue weighted by Crippen LogP contribution is -1.91. The summed E-state index contributed by atoms with van der Waals surface area (Å²) in [5, 5.41) is 18.0. The molecule has 0 radical (unpaired) electrons. The van der Waals surface area contributed by atoms with Gasteiger partial charge in [-0.2, -0.15) is 5.26 Å². The molecule has 0 heterocycles. The van der Waals surface area contributed by atoms with Gasteiger partial charge in [-0.25, -0.2) is 4.39 Å². The van der Waals surface area contributed by atoms with Crippen LogP contribution in [0.1, 0.15) is 24.2 Å². The van der Waals surface area contributed by atoms with Crippen LogP contribution in [0.3, 0.4) is 0 Å². The van der Waals surface area contributed by atoms with E-state index in [2.05, 4.69) is 0 Å². The Bertz CT molecular complexity index is 615. The number of aliphatic hydroxyl groups is 1. The lowest BCUT2D eigenvalue weighted by atomic mass is 10.1. The summed E-state index contributed by atoms with van der Waals surface area (Å²) >= 11 is 0. The van der Waals surface area contributed by atoms with Crippen LogP contribution >= 0.6 is 0 Å². The summed E-state index contributed by atoms with van der Waals surface area (Å²) in [6.07, 6.45) is -0.540. The zero-order chi connectivity index (χ0) is 13.8. The quantitative estimate of drug-likeness (QED) is 0.914. The average Bonchev–Trinajstić information content (AvgIpc) is 2.39. The van der Waals surface area contributed by atoms with Gasteiger partial charge < -0.3 is 9.84 Å². The predicted molar refractivity (Wildman–Crippen MR) is 68.3 cm³/mol. The minimum atomic E-state index is -0.611. The van der Waals surface area contributed by atoms with Crippen molar-refractivity contribution in [2.24, 2.45) is 0 Å². The normalized spacial score (nSPS) is 11.7. The third kappa shape index (κ3) is 3.09. The standard InChI is InChI=1S/C15H12FNO2/c1-10(18)11-2-5-13(6-3-11)19-14-7-4-12(9-17)15(16)8-14/h2-8,10,18H,1H3. The van der Waals surface area contributed by atoms with Gasteiger partial charge in [-0.05, 0) is 36.8 Å². The van der Waals surface area contributed by atoms with Crippen LogP contribution in [0.5, 0.6) is 11.5 Å². The Morgan fingerprint density at radius 3 is 2.32 bits per heavy atom. The van der Waals surface area contributed by atoms with Crippen LogP contribution in [0.25, 0.3) is 0 Å². The van der Waals surface area contributed by atoms with Gasteiger partial charge >= 0.3 is 0 Å². The van der Waals surface area contributed by atoms with Gasteiger partial charge in [0.05, 0.1) is 11.7 Å². The second-order valence-electron chi connectivity index (χ2n) is 4.10. The van der Waals surface area contributed by atoms with Crippen molar-refractivity contribution < 1.29 is 14.2 Å². The van der Waals surface area contributed by atoms with Gasteiger partial charge in [0.2, 0.25) is 0 Å². The van der Waals surface area contributed by atoms with E-state index in [-0.39, 0.29) is 5.56 Å². The first-order valence-corrected chi connectivity index (χ1v) is 5.75. The van der Waals surface area contributed by atoms with E-state index in [4.69, 9.17) is 10.00 Å². The van der Waals surface area contributed by atoms with E-state index in [9.17, 15) is 9.50 Å². The number of ether oxygens (including phenoxy) is 1. The molecular weight excluding hydrogens is 245 g/mol. The predicted octanol–water partition coefficient (Wildman–Crippen LogP) is 3.54. The van der Waals surface area contributed by atoms with Crippen molar-refractivity contribution in [2.45, 2.75) is 13.0 Å². The van der Waals surface area contributed by atoms with Gasteiger partial charge in [-0.15, -0.1) is 0 Å². The number of benzene rings is 2. The van der Waals surface area contributed by atoms with Gasteiger partial charge in [-0.3, -0.25) is 0 Å². The molecular formula is C15H12FNO2. The smallest absolute Gasteiger partial charge is 0.144 e. The SMILES string of the molecule is CC(O)c1ccc(Oc2ccc(C#N)c(F)c2)cc1. The Hall–Kier alpha value is -2.38. The number of hydrogen-bond acceptors (Lipinski definition) is 3. The molecule has 1 atom stereocenters. The van der Waals surface area contributed by atoms with Crippen LogP contribution in [0.4, 0.5) is 4.39 Å². The molecule has 2 aromatic carbocycles. The van der Waals surface area contributed by atoms with Gasteiger partial charge in [0.25, 0.3) is 0 Å². The van der Waals surface area contributed by atoms with Crippen molar-refractivity contribution in [3.8, 4) is 17.6 Å². The number of nitrogens with zero attached hydrogens (tertiary/aromatic N) is 1. The minimum absolute atomic E-state index is 0.0168. The van der Waals surface area contributed by atoms with E-state index in [0.717, 1.165) is 5.56 Å². The number of rotatable bonds is 3. The molecule has 2 aromatic rings. The molecule has 0 saturated heterocycles. The van der Waals surface area contributed by atoms with Gasteiger partial charge in [0, 0.05) is 6.07 Å². The molecule has 0 aliphatic heterocycles. The van der Waals surface area contributed by atoms with E-state index in [1.165, 1.54) is 18.2 Å². The van der Waals surface area contributed by atoms with Crippen molar-refractivity contribution in [1.82, 2.24) is 0 Å². The number of halogens is 1. The molecule has 0 aliphatic carbocycles. The van der Waals surface area contributed by atoms with Crippen LogP contribution in [0.2, 0.25) is 0 Å². The maximum atomic E-state index is 13.4. The third-order valence-corrected chi connectivity index (χ3v) is 2.66. The van der Waals surface area contributed by atoms with Gasteiger partial charge in [0.1, 0.15) is 23.4 Å². The van der Waals surface area contributed by atoms with Crippen molar-refractivity contribution >= 4 is 0 Å². The van der Waals surface area contributed by atoms with Crippen molar-refractivity contribution in [3.63, 3.8) is 0 Å². The summed E-state index contributed by atoms with van der Waals surface area (Å²) in [5.41, 5.74) is 0.759. The Morgan fingerprint density at radius 1 is 1.16 bits per heavy atom. The Morgan fingerprint density at radius 2 is 1.79 bits per heavy atom. The summed E-state index contributed by atoms with van der Waals surface area (Å²) in [7, 11) is 0. The summed E-state index contributed by atoms with van der Waals surface area (Å²) in [4.78, 5) is 0.